The van der Waals surface area contributed by atoms with Crippen molar-refractivity contribution in [3.05, 3.63) is 71.8 Å². The van der Waals surface area contributed by atoms with Crippen molar-refractivity contribution in [3.8, 4) is 0 Å². The molecular formula is C20H26N2O2. The molecule has 1 amide bonds. The highest BCUT2D eigenvalue weighted by molar-refractivity contribution is 5.94. The van der Waals surface area contributed by atoms with E-state index in [1.807, 2.05) is 48.5 Å². The molecule has 4 nitrogen and oxygen atoms in total. The van der Waals surface area contributed by atoms with Gasteiger partial charge in [-0.15, -0.1) is 0 Å². The van der Waals surface area contributed by atoms with E-state index in [-0.39, 0.29) is 12.5 Å². The van der Waals surface area contributed by atoms with Crippen molar-refractivity contribution < 1.29 is 9.90 Å². The number of rotatable bonds is 10. The molecule has 128 valence electrons. The maximum absolute atomic E-state index is 11.9. The first-order valence-electron chi connectivity index (χ1n) is 8.50. The summed E-state index contributed by atoms with van der Waals surface area (Å²) in [6.07, 6.45) is 1.91. The zero-order valence-corrected chi connectivity index (χ0v) is 14.0. The summed E-state index contributed by atoms with van der Waals surface area (Å²) in [6.45, 7) is 3.27. The summed E-state index contributed by atoms with van der Waals surface area (Å²) < 4.78 is 0. The SMILES string of the molecule is O=C(NCCCCN(CCO)Cc1ccccc1)c1ccccc1. The lowest BCUT2D eigenvalue weighted by Crippen LogP contribution is -2.29. The molecule has 0 saturated heterocycles. The molecule has 2 aromatic carbocycles. The summed E-state index contributed by atoms with van der Waals surface area (Å²) >= 11 is 0. The summed E-state index contributed by atoms with van der Waals surface area (Å²) in [5.74, 6) is -0.0212. The topological polar surface area (TPSA) is 52.6 Å². The van der Waals surface area contributed by atoms with Gasteiger partial charge in [0.2, 0.25) is 0 Å². The molecule has 4 heteroatoms. The van der Waals surface area contributed by atoms with Gasteiger partial charge in [-0.05, 0) is 37.1 Å². The van der Waals surface area contributed by atoms with Gasteiger partial charge in [-0.1, -0.05) is 48.5 Å². The number of nitrogens with zero attached hydrogens (tertiary/aromatic N) is 1. The average molecular weight is 326 g/mol. The van der Waals surface area contributed by atoms with Crippen LogP contribution in [0.3, 0.4) is 0 Å². The van der Waals surface area contributed by atoms with E-state index >= 15 is 0 Å². The Balaban J connectivity index is 1.66. The lowest BCUT2D eigenvalue weighted by atomic mass is 10.2. The molecule has 0 aliphatic carbocycles. The van der Waals surface area contributed by atoms with Gasteiger partial charge < -0.3 is 10.4 Å². The average Bonchev–Trinajstić information content (AvgIpc) is 2.63. The van der Waals surface area contributed by atoms with Gasteiger partial charge in [0, 0.05) is 25.2 Å². The predicted molar refractivity (Wildman–Crippen MR) is 96.8 cm³/mol. The van der Waals surface area contributed by atoms with E-state index < -0.39 is 0 Å². The zero-order valence-electron chi connectivity index (χ0n) is 14.0. The van der Waals surface area contributed by atoms with E-state index in [1.54, 1.807) is 0 Å². The number of hydrogen-bond acceptors (Lipinski definition) is 3. The van der Waals surface area contributed by atoms with Crippen LogP contribution in [0.2, 0.25) is 0 Å². The minimum atomic E-state index is -0.0212. The number of carbonyl (C=O) groups excluding carboxylic acids is 1. The van der Waals surface area contributed by atoms with E-state index in [2.05, 4.69) is 22.3 Å². The van der Waals surface area contributed by atoms with Crippen LogP contribution in [-0.4, -0.2) is 42.2 Å². The Morgan fingerprint density at radius 1 is 0.917 bits per heavy atom. The molecule has 0 heterocycles. The Morgan fingerprint density at radius 3 is 2.25 bits per heavy atom. The Labute approximate surface area is 144 Å². The van der Waals surface area contributed by atoms with Crippen LogP contribution in [0.1, 0.15) is 28.8 Å². The minimum Gasteiger partial charge on any atom is -0.395 e. The summed E-state index contributed by atoms with van der Waals surface area (Å²) in [4.78, 5) is 14.2. The molecule has 0 spiro atoms. The summed E-state index contributed by atoms with van der Waals surface area (Å²) in [7, 11) is 0. The minimum absolute atomic E-state index is 0.0212. The highest BCUT2D eigenvalue weighted by Gasteiger charge is 2.06. The summed E-state index contributed by atoms with van der Waals surface area (Å²) in [6, 6.07) is 19.5. The van der Waals surface area contributed by atoms with Crippen molar-refractivity contribution in [2.75, 3.05) is 26.2 Å². The second-order valence-electron chi connectivity index (χ2n) is 5.81. The fourth-order valence-corrected chi connectivity index (χ4v) is 2.61. The first-order chi connectivity index (χ1) is 11.8. The molecule has 0 fully saturated rings. The van der Waals surface area contributed by atoms with Crippen LogP contribution >= 0.6 is 0 Å². The van der Waals surface area contributed by atoms with Crippen LogP contribution in [0.5, 0.6) is 0 Å². The van der Waals surface area contributed by atoms with Gasteiger partial charge in [0.25, 0.3) is 5.91 Å². The summed E-state index contributed by atoms with van der Waals surface area (Å²) in [5, 5.41) is 12.2. The molecule has 0 radical (unpaired) electrons. The third kappa shape index (κ3) is 6.52. The second kappa shape index (κ2) is 10.6. The Bertz CT molecular complexity index is 587. The van der Waals surface area contributed by atoms with Crippen molar-refractivity contribution in [2.45, 2.75) is 19.4 Å². The highest BCUT2D eigenvalue weighted by atomic mass is 16.3. The number of aliphatic hydroxyl groups is 1. The monoisotopic (exact) mass is 326 g/mol. The van der Waals surface area contributed by atoms with Gasteiger partial charge in [-0.25, -0.2) is 0 Å². The summed E-state index contributed by atoms with van der Waals surface area (Å²) in [5.41, 5.74) is 1.95. The quantitative estimate of drug-likeness (QED) is 0.660. The van der Waals surface area contributed by atoms with Gasteiger partial charge in [0.05, 0.1) is 6.61 Å². The first-order valence-corrected chi connectivity index (χ1v) is 8.50. The molecule has 0 bridgehead atoms. The smallest absolute Gasteiger partial charge is 0.251 e. The standard InChI is InChI=1S/C20H26N2O2/c23-16-15-22(17-18-9-3-1-4-10-18)14-8-7-13-21-20(24)19-11-5-2-6-12-19/h1-6,9-12,23H,7-8,13-17H2,(H,21,24). The van der Waals surface area contributed by atoms with Crippen LogP contribution < -0.4 is 5.32 Å². The number of amides is 1. The molecule has 2 aromatic rings. The molecule has 0 aliphatic rings. The van der Waals surface area contributed by atoms with Crippen LogP contribution in [0.4, 0.5) is 0 Å². The number of aliphatic hydroxyl groups excluding tert-OH is 1. The van der Waals surface area contributed by atoms with Crippen LogP contribution in [-0.2, 0) is 6.54 Å². The largest absolute Gasteiger partial charge is 0.395 e. The van der Waals surface area contributed by atoms with E-state index in [9.17, 15) is 9.90 Å². The van der Waals surface area contributed by atoms with E-state index in [0.717, 1.165) is 25.9 Å². The van der Waals surface area contributed by atoms with Gasteiger partial charge >= 0.3 is 0 Å². The maximum atomic E-state index is 11.9. The Morgan fingerprint density at radius 2 is 1.58 bits per heavy atom. The van der Waals surface area contributed by atoms with Crippen molar-refractivity contribution in [3.63, 3.8) is 0 Å². The Hall–Kier alpha value is -2.17. The predicted octanol–water partition coefficient (Wildman–Crippen LogP) is 2.69. The van der Waals surface area contributed by atoms with Crippen molar-refractivity contribution in [1.82, 2.24) is 10.2 Å². The molecular weight excluding hydrogens is 300 g/mol. The molecule has 0 aromatic heterocycles. The molecule has 0 aliphatic heterocycles. The lowest BCUT2D eigenvalue weighted by Gasteiger charge is -2.21. The van der Waals surface area contributed by atoms with Gasteiger partial charge in [-0.3, -0.25) is 9.69 Å². The molecule has 2 N–H and O–H groups in total. The number of benzene rings is 2. The Kier molecular flexibility index (Phi) is 8.01. The third-order valence-corrected chi connectivity index (χ3v) is 3.89. The molecule has 0 unspecified atom stereocenters. The normalized spacial score (nSPS) is 10.8. The molecule has 2 rings (SSSR count). The molecule has 0 saturated carbocycles. The number of hydrogen-bond donors (Lipinski definition) is 2. The van der Waals surface area contributed by atoms with E-state index in [0.29, 0.717) is 18.7 Å². The fraction of sp³-hybridized carbons (Fsp3) is 0.350. The lowest BCUT2D eigenvalue weighted by molar-refractivity contribution is 0.0952. The van der Waals surface area contributed by atoms with Gasteiger partial charge in [0.15, 0.2) is 0 Å². The highest BCUT2D eigenvalue weighted by Crippen LogP contribution is 2.05. The maximum Gasteiger partial charge on any atom is 0.251 e. The number of nitrogens with one attached hydrogen (secondary N) is 1. The van der Waals surface area contributed by atoms with Crippen molar-refractivity contribution in [1.29, 1.82) is 0 Å². The van der Waals surface area contributed by atoms with Crippen LogP contribution in [0.25, 0.3) is 0 Å². The van der Waals surface area contributed by atoms with Crippen molar-refractivity contribution >= 4 is 5.91 Å². The molecule has 0 atom stereocenters. The van der Waals surface area contributed by atoms with Crippen LogP contribution in [0.15, 0.2) is 60.7 Å². The fourth-order valence-electron chi connectivity index (χ4n) is 2.61. The third-order valence-electron chi connectivity index (χ3n) is 3.89. The molecule has 24 heavy (non-hydrogen) atoms. The number of carbonyl (C=O) groups is 1. The van der Waals surface area contributed by atoms with Gasteiger partial charge in [0.1, 0.15) is 0 Å². The van der Waals surface area contributed by atoms with E-state index in [1.165, 1.54) is 5.56 Å². The van der Waals surface area contributed by atoms with Crippen LogP contribution in [0, 0.1) is 0 Å². The zero-order chi connectivity index (χ0) is 17.0. The van der Waals surface area contributed by atoms with Crippen molar-refractivity contribution in [2.24, 2.45) is 0 Å². The second-order valence-corrected chi connectivity index (χ2v) is 5.81. The van der Waals surface area contributed by atoms with Gasteiger partial charge in [-0.2, -0.15) is 0 Å². The first kappa shape index (κ1) is 18.2. The van der Waals surface area contributed by atoms with E-state index in [4.69, 9.17) is 0 Å². The number of unbranched alkanes of at least 4 members (excludes halogenated alkanes) is 1.